The van der Waals surface area contributed by atoms with Gasteiger partial charge in [0.2, 0.25) is 0 Å². The van der Waals surface area contributed by atoms with E-state index in [1.54, 1.807) is 0 Å². The predicted octanol–water partition coefficient (Wildman–Crippen LogP) is 15.3. The van der Waals surface area contributed by atoms with Gasteiger partial charge in [-0.3, -0.25) is 9.78 Å². The van der Waals surface area contributed by atoms with Crippen LogP contribution in [0.15, 0.2) is 64.8 Å². The van der Waals surface area contributed by atoms with Gasteiger partial charge in [-0.2, -0.15) is 0 Å². The Morgan fingerprint density at radius 1 is 0.877 bits per heavy atom. The zero-order chi connectivity index (χ0) is 41.3. The number of aryl methyl sites for hydroxylation is 4. The maximum absolute atomic E-state index is 11.7. The van der Waals surface area contributed by atoms with E-state index in [1.165, 1.54) is 59.8 Å². The molecule has 0 atom stereocenters. The maximum Gasteiger partial charge on any atom is 0.162 e. The molecule has 307 valence electrons. The minimum atomic E-state index is -0.0154. The van der Waals surface area contributed by atoms with Crippen LogP contribution in [0, 0.1) is 51.0 Å². The van der Waals surface area contributed by atoms with Crippen LogP contribution in [0.4, 0.5) is 0 Å². The fourth-order valence-corrected chi connectivity index (χ4v) is 9.68. The molecule has 0 saturated carbocycles. The molecule has 0 spiro atoms. The molecule has 0 aliphatic carbocycles. The zero-order valence-electron chi connectivity index (χ0n) is 36.8. The van der Waals surface area contributed by atoms with E-state index >= 15 is 0 Å². The maximum atomic E-state index is 11.7. The van der Waals surface area contributed by atoms with Gasteiger partial charge in [0, 0.05) is 64.7 Å². The number of aliphatic hydroxyl groups excluding tert-OH is 1. The first-order chi connectivity index (χ1) is 26.3. The third-order valence-corrected chi connectivity index (χ3v) is 12.4. The summed E-state index contributed by atoms with van der Waals surface area (Å²) in [6.45, 7) is 30.6. The molecule has 57 heavy (non-hydrogen) atoms. The van der Waals surface area contributed by atoms with Gasteiger partial charge in [-0.15, -0.1) is 40.5 Å². The average molecular weight is 963 g/mol. The van der Waals surface area contributed by atoms with Crippen molar-refractivity contribution < 1.29 is 34.4 Å². The van der Waals surface area contributed by atoms with Gasteiger partial charge >= 0.3 is 0 Å². The summed E-state index contributed by atoms with van der Waals surface area (Å²) < 4.78 is 7.49. The summed E-state index contributed by atoms with van der Waals surface area (Å²) in [7, 11) is 0. The second-order valence-electron chi connectivity index (χ2n) is 18.0. The molecule has 6 rings (SSSR count). The number of furan rings is 1. The van der Waals surface area contributed by atoms with Crippen LogP contribution in [0.3, 0.4) is 0 Å². The van der Waals surface area contributed by atoms with Crippen molar-refractivity contribution in [2.75, 3.05) is 0 Å². The number of pyridine rings is 1. The van der Waals surface area contributed by atoms with Crippen molar-refractivity contribution in [3.63, 3.8) is 0 Å². The summed E-state index contributed by atoms with van der Waals surface area (Å²) in [6.07, 6.45) is 5.97. The number of carbonyl (C=O) groups excluding carboxylic acids is 1. The molecule has 0 aliphatic heterocycles. The zero-order valence-corrected chi connectivity index (χ0v) is 40.1. The van der Waals surface area contributed by atoms with Crippen molar-refractivity contribution in [2.24, 2.45) is 17.3 Å². The largest absolute Gasteiger partial charge is 0.512 e. The van der Waals surface area contributed by atoms with Gasteiger partial charge in [-0.05, 0) is 98.4 Å². The molecule has 0 unspecified atom stereocenters. The number of carbonyl (C=O) groups is 1. The molecule has 6 aromatic rings. The Bertz CT molecular complexity index is 2370. The number of benzene rings is 3. The molecule has 0 aliphatic rings. The Morgan fingerprint density at radius 3 is 2.04 bits per heavy atom. The third-order valence-electron chi connectivity index (χ3n) is 11.1. The standard InChI is InChI=1S/C38H40NOS.C13H24O2.Ir/c1-21-15-25(20-37(5,6)7)16-22(2)31(21)35-24(4)32-34-30(17-23(3)40-34)39-33(36(32)41-35)27-18-26-13-11-12-14-28(26)29(19-27)38(8,9)10;1-5-10(6-2)12(14)9-13(15)11(7-3)8-4;/h11-17,19H,20H2,1-10H3;9-11,14H,5-8H2,1-4H3;/q-1;;/b;12-9-;. The first kappa shape index (κ1) is 46.1. The fourth-order valence-electron chi connectivity index (χ4n) is 8.19. The summed E-state index contributed by atoms with van der Waals surface area (Å²) in [6, 6.07) is 21.5. The van der Waals surface area contributed by atoms with Crippen LogP contribution < -0.4 is 0 Å². The molecule has 1 N–H and O–H groups in total. The van der Waals surface area contributed by atoms with Crippen LogP contribution in [0.5, 0.6) is 0 Å². The van der Waals surface area contributed by atoms with Gasteiger partial charge in [0.15, 0.2) is 11.4 Å². The van der Waals surface area contributed by atoms with Crippen LogP contribution >= 0.6 is 11.3 Å². The van der Waals surface area contributed by atoms with Crippen LogP contribution in [-0.2, 0) is 36.7 Å². The Hall–Kier alpha value is -3.57. The Labute approximate surface area is 359 Å². The number of hydrogen-bond acceptors (Lipinski definition) is 5. The summed E-state index contributed by atoms with van der Waals surface area (Å²) >= 11 is 1.85. The number of aliphatic hydroxyl groups is 1. The first-order valence-electron chi connectivity index (χ1n) is 20.7. The summed E-state index contributed by atoms with van der Waals surface area (Å²) in [5.41, 5.74) is 12.0. The molecular weight excluding hydrogens is 899 g/mol. The van der Waals surface area contributed by atoms with Crippen molar-refractivity contribution in [3.05, 3.63) is 100 Å². The molecule has 3 aromatic heterocycles. The van der Waals surface area contributed by atoms with Gasteiger partial charge in [0.05, 0.1) is 5.76 Å². The summed E-state index contributed by atoms with van der Waals surface area (Å²) in [5, 5.41) is 13.3. The smallest absolute Gasteiger partial charge is 0.162 e. The van der Waals surface area contributed by atoms with E-state index in [-0.39, 0.29) is 54.3 Å². The number of ketones is 1. The summed E-state index contributed by atoms with van der Waals surface area (Å²) in [4.78, 5) is 18.3. The monoisotopic (exact) mass is 963 g/mol. The molecule has 4 nitrogen and oxygen atoms in total. The van der Waals surface area contributed by atoms with Gasteiger partial charge in [0.25, 0.3) is 0 Å². The van der Waals surface area contributed by atoms with E-state index in [9.17, 15) is 9.90 Å². The number of nitrogens with zero attached hydrogens (tertiary/aromatic N) is 1. The molecule has 0 amide bonds. The Morgan fingerprint density at radius 2 is 1.47 bits per heavy atom. The molecular formula is C51H64IrNO3S-. The topological polar surface area (TPSA) is 63.3 Å². The van der Waals surface area contributed by atoms with Crippen molar-refractivity contribution in [2.45, 2.75) is 134 Å². The van der Waals surface area contributed by atoms with Gasteiger partial charge in [0.1, 0.15) is 11.3 Å². The SMILES string of the molecule is CCC(CC)C(=O)/C=C(\O)C(CC)CC.Cc1cc2nc(-c3[c-]c4ccccc4c(C(C)(C)C)c3)c3sc(-c4c(C)cc(CC(C)(C)C)cc4C)c(C)c3c2o1.[Ir]. The number of fused-ring (bicyclic) bond motifs is 4. The van der Waals surface area contributed by atoms with Crippen molar-refractivity contribution in [1.29, 1.82) is 0 Å². The van der Waals surface area contributed by atoms with Gasteiger partial charge in [-0.25, -0.2) is 0 Å². The second-order valence-corrected chi connectivity index (χ2v) is 19.0. The quantitative estimate of drug-likeness (QED) is 0.0844. The van der Waals surface area contributed by atoms with E-state index < -0.39 is 0 Å². The van der Waals surface area contributed by atoms with Crippen molar-refractivity contribution in [3.8, 4) is 21.7 Å². The Balaban J connectivity index is 0.000000385. The van der Waals surface area contributed by atoms with E-state index in [1.807, 2.05) is 46.0 Å². The molecule has 1 radical (unpaired) electrons. The van der Waals surface area contributed by atoms with E-state index in [2.05, 4.69) is 117 Å². The molecule has 0 bridgehead atoms. The fraction of sp³-hybridized carbons (Fsp3) is 0.451. The van der Waals surface area contributed by atoms with Crippen LogP contribution in [0.1, 0.15) is 128 Å². The number of thiophene rings is 1. The minimum Gasteiger partial charge on any atom is -0.512 e. The molecule has 0 fully saturated rings. The average Bonchev–Trinajstić information content (AvgIpc) is 3.65. The second kappa shape index (κ2) is 18.6. The van der Waals surface area contributed by atoms with Gasteiger partial charge < -0.3 is 9.52 Å². The molecule has 0 saturated heterocycles. The first-order valence-corrected chi connectivity index (χ1v) is 21.5. The number of rotatable bonds is 10. The van der Waals surface area contributed by atoms with E-state index in [4.69, 9.17) is 9.40 Å². The van der Waals surface area contributed by atoms with E-state index in [0.29, 0.717) is 0 Å². The van der Waals surface area contributed by atoms with Gasteiger partial charge in [-0.1, -0.05) is 111 Å². The summed E-state index contributed by atoms with van der Waals surface area (Å²) in [5.74, 6) is 1.43. The van der Waals surface area contributed by atoms with Crippen molar-refractivity contribution in [1.82, 2.24) is 4.98 Å². The predicted molar refractivity (Wildman–Crippen MR) is 241 cm³/mol. The van der Waals surface area contributed by atoms with Crippen LogP contribution in [-0.4, -0.2) is 15.9 Å². The van der Waals surface area contributed by atoms with Crippen LogP contribution in [0.2, 0.25) is 0 Å². The van der Waals surface area contributed by atoms with E-state index in [0.717, 1.165) is 65.6 Å². The number of allylic oxidation sites excluding steroid dienone is 2. The molecule has 3 aromatic carbocycles. The molecule has 3 heterocycles. The normalized spacial score (nSPS) is 12.5. The number of aromatic nitrogens is 1. The molecule has 6 heteroatoms. The van der Waals surface area contributed by atoms with Crippen LogP contribution in [0.25, 0.3) is 53.7 Å². The Kier molecular flexibility index (Phi) is 15.0. The minimum absolute atomic E-state index is 0. The third kappa shape index (κ3) is 10.2. The van der Waals surface area contributed by atoms with Crippen molar-refractivity contribution >= 4 is 49.1 Å². The number of hydrogen-bond donors (Lipinski definition) is 1.